The number of benzene rings is 2. The summed E-state index contributed by atoms with van der Waals surface area (Å²) in [7, 11) is -0.988. The average molecular weight is 410 g/mol. The highest BCUT2D eigenvalue weighted by molar-refractivity contribution is 7.83. The summed E-state index contributed by atoms with van der Waals surface area (Å²) in [4.78, 5) is 12.9. The summed E-state index contributed by atoms with van der Waals surface area (Å²) in [5.41, 5.74) is 4.73. The van der Waals surface area contributed by atoms with E-state index >= 15 is 0 Å². The Balaban J connectivity index is 1.66. The standard InChI is InChI=1S/C22H23N3O3S/c1-14-8-7-11-20(15(14)2)25-21(18-12-29(27)13-19(18)24-25)23-22(26)16(3)28-17-9-5-4-6-10-17/h4-11,16H,12-13H2,1-3H3,(H,23,26)/t16-,29-/m1/s1. The number of hydrogen-bond donors (Lipinski definition) is 1. The first kappa shape index (κ1) is 19.4. The molecule has 7 heteroatoms. The van der Waals surface area contributed by atoms with Crippen molar-refractivity contribution >= 4 is 22.5 Å². The third-order valence-corrected chi connectivity index (χ3v) is 6.35. The molecule has 0 radical (unpaired) electrons. The van der Waals surface area contributed by atoms with Crippen LogP contribution in [0.2, 0.25) is 0 Å². The normalized spacial score (nSPS) is 16.3. The van der Waals surface area contributed by atoms with E-state index in [4.69, 9.17) is 4.74 Å². The van der Waals surface area contributed by atoms with Crippen LogP contribution in [0.4, 0.5) is 5.82 Å². The van der Waals surface area contributed by atoms with E-state index in [0.717, 1.165) is 28.1 Å². The molecule has 3 aromatic rings. The van der Waals surface area contributed by atoms with Crippen LogP contribution >= 0.6 is 0 Å². The quantitative estimate of drug-likeness (QED) is 0.698. The highest BCUT2D eigenvalue weighted by atomic mass is 32.2. The van der Waals surface area contributed by atoms with Gasteiger partial charge in [0.2, 0.25) is 0 Å². The molecule has 0 aliphatic carbocycles. The Morgan fingerprint density at radius 2 is 1.90 bits per heavy atom. The number of amides is 1. The van der Waals surface area contributed by atoms with Gasteiger partial charge in [-0.25, -0.2) is 4.68 Å². The van der Waals surface area contributed by atoms with Crippen molar-refractivity contribution in [3.63, 3.8) is 0 Å². The summed E-state index contributed by atoms with van der Waals surface area (Å²) in [5, 5.41) is 7.66. The van der Waals surface area contributed by atoms with Gasteiger partial charge in [-0.15, -0.1) is 0 Å². The number of aromatic nitrogens is 2. The van der Waals surface area contributed by atoms with E-state index in [9.17, 15) is 9.00 Å². The summed E-state index contributed by atoms with van der Waals surface area (Å²) in [6.45, 7) is 5.78. The van der Waals surface area contributed by atoms with Crippen LogP contribution in [0.15, 0.2) is 48.5 Å². The predicted molar refractivity (Wildman–Crippen MR) is 114 cm³/mol. The number of anilines is 1. The van der Waals surface area contributed by atoms with Crippen LogP contribution in [-0.4, -0.2) is 26.0 Å². The SMILES string of the molecule is Cc1cccc(-n2nc3c(c2NC(=O)[C@@H](C)Oc2ccccc2)C[S@@](=O)C3)c1C. The number of nitrogens with one attached hydrogen (secondary N) is 1. The van der Waals surface area contributed by atoms with E-state index in [2.05, 4.69) is 10.4 Å². The molecule has 1 aliphatic heterocycles. The van der Waals surface area contributed by atoms with Gasteiger partial charge in [0.1, 0.15) is 11.6 Å². The molecular weight excluding hydrogens is 386 g/mol. The molecule has 0 saturated carbocycles. The van der Waals surface area contributed by atoms with Crippen LogP contribution in [0.3, 0.4) is 0 Å². The number of para-hydroxylation sites is 1. The highest BCUT2D eigenvalue weighted by Crippen LogP contribution is 2.32. The number of ether oxygens (including phenoxy) is 1. The zero-order chi connectivity index (χ0) is 20.5. The minimum Gasteiger partial charge on any atom is -0.481 e. The van der Waals surface area contributed by atoms with Gasteiger partial charge in [-0.2, -0.15) is 5.10 Å². The Kier molecular flexibility index (Phi) is 5.24. The van der Waals surface area contributed by atoms with Crippen molar-refractivity contribution in [2.45, 2.75) is 38.4 Å². The Morgan fingerprint density at radius 3 is 2.66 bits per heavy atom. The van der Waals surface area contributed by atoms with Gasteiger partial charge in [-0.1, -0.05) is 30.3 Å². The van der Waals surface area contributed by atoms with Gasteiger partial charge in [0.05, 0.1) is 22.9 Å². The lowest BCUT2D eigenvalue weighted by molar-refractivity contribution is -0.122. The molecule has 150 valence electrons. The van der Waals surface area contributed by atoms with E-state index in [-0.39, 0.29) is 5.91 Å². The Hall–Kier alpha value is -2.93. The Morgan fingerprint density at radius 1 is 1.14 bits per heavy atom. The number of fused-ring (bicyclic) bond motifs is 1. The summed E-state index contributed by atoms with van der Waals surface area (Å²) in [5.74, 6) is 1.73. The molecule has 1 aliphatic rings. The zero-order valence-corrected chi connectivity index (χ0v) is 17.5. The van der Waals surface area contributed by atoms with Crippen LogP contribution in [0.5, 0.6) is 5.75 Å². The molecule has 0 bridgehead atoms. The molecule has 2 aromatic carbocycles. The summed E-state index contributed by atoms with van der Waals surface area (Å²) >= 11 is 0. The second-order valence-electron chi connectivity index (χ2n) is 7.20. The molecule has 0 unspecified atom stereocenters. The van der Waals surface area contributed by atoms with Crippen molar-refractivity contribution in [2.75, 3.05) is 5.32 Å². The van der Waals surface area contributed by atoms with Gasteiger partial charge in [0.15, 0.2) is 6.10 Å². The van der Waals surface area contributed by atoms with E-state index in [1.54, 1.807) is 11.6 Å². The first-order chi connectivity index (χ1) is 13.9. The van der Waals surface area contributed by atoms with Crippen molar-refractivity contribution in [1.82, 2.24) is 9.78 Å². The van der Waals surface area contributed by atoms with Crippen LogP contribution in [-0.2, 0) is 27.1 Å². The predicted octanol–water partition coefficient (Wildman–Crippen LogP) is 3.66. The number of carbonyl (C=O) groups excluding carboxylic acids is 1. The number of hydrogen-bond acceptors (Lipinski definition) is 4. The van der Waals surface area contributed by atoms with Crippen LogP contribution in [0, 0.1) is 13.8 Å². The van der Waals surface area contributed by atoms with E-state index < -0.39 is 16.9 Å². The molecule has 1 N–H and O–H groups in total. The fourth-order valence-corrected chi connectivity index (χ4v) is 4.63. The molecule has 1 amide bonds. The first-order valence-corrected chi connectivity index (χ1v) is 11.0. The maximum atomic E-state index is 12.9. The van der Waals surface area contributed by atoms with Gasteiger partial charge in [0.25, 0.3) is 5.91 Å². The summed E-state index contributed by atoms with van der Waals surface area (Å²) in [6.07, 6.45) is -0.693. The fraction of sp³-hybridized carbons (Fsp3) is 0.273. The van der Waals surface area contributed by atoms with Crippen LogP contribution in [0.25, 0.3) is 5.69 Å². The van der Waals surface area contributed by atoms with E-state index in [0.29, 0.717) is 23.1 Å². The molecule has 0 fully saturated rings. The van der Waals surface area contributed by atoms with Crippen molar-refractivity contribution in [1.29, 1.82) is 0 Å². The van der Waals surface area contributed by atoms with E-state index in [1.807, 2.05) is 62.4 Å². The molecular formula is C22H23N3O3S. The maximum Gasteiger partial charge on any atom is 0.266 e. The molecule has 1 aromatic heterocycles. The first-order valence-electron chi connectivity index (χ1n) is 9.49. The lowest BCUT2D eigenvalue weighted by Crippen LogP contribution is -2.31. The Labute approximate surface area is 172 Å². The lowest BCUT2D eigenvalue weighted by Gasteiger charge is -2.17. The topological polar surface area (TPSA) is 73.2 Å². The molecule has 2 heterocycles. The second kappa shape index (κ2) is 7.83. The fourth-order valence-electron chi connectivity index (χ4n) is 3.37. The van der Waals surface area contributed by atoms with Gasteiger partial charge >= 0.3 is 0 Å². The van der Waals surface area contributed by atoms with Crippen molar-refractivity contribution in [3.8, 4) is 11.4 Å². The third-order valence-electron chi connectivity index (χ3n) is 5.14. The van der Waals surface area contributed by atoms with E-state index in [1.165, 1.54) is 0 Å². The smallest absolute Gasteiger partial charge is 0.266 e. The van der Waals surface area contributed by atoms with Crippen LogP contribution < -0.4 is 10.1 Å². The van der Waals surface area contributed by atoms with Gasteiger partial charge in [-0.3, -0.25) is 9.00 Å². The minimum atomic E-state index is -0.988. The van der Waals surface area contributed by atoms with Gasteiger partial charge in [-0.05, 0) is 50.1 Å². The van der Waals surface area contributed by atoms with Crippen molar-refractivity contribution in [2.24, 2.45) is 0 Å². The number of aryl methyl sites for hydroxylation is 1. The zero-order valence-electron chi connectivity index (χ0n) is 16.6. The number of rotatable bonds is 5. The molecule has 0 saturated heterocycles. The molecule has 6 nitrogen and oxygen atoms in total. The van der Waals surface area contributed by atoms with Gasteiger partial charge < -0.3 is 10.1 Å². The molecule has 4 rings (SSSR count). The number of carbonyl (C=O) groups is 1. The van der Waals surface area contributed by atoms with Gasteiger partial charge in [0, 0.05) is 16.4 Å². The minimum absolute atomic E-state index is 0.277. The summed E-state index contributed by atoms with van der Waals surface area (Å²) in [6, 6.07) is 15.2. The number of nitrogens with zero attached hydrogens (tertiary/aromatic N) is 2. The second-order valence-corrected chi connectivity index (χ2v) is 8.65. The largest absolute Gasteiger partial charge is 0.481 e. The average Bonchev–Trinajstić information content (AvgIpc) is 3.21. The van der Waals surface area contributed by atoms with Crippen molar-refractivity contribution in [3.05, 3.63) is 70.9 Å². The van der Waals surface area contributed by atoms with Crippen LogP contribution in [0.1, 0.15) is 29.3 Å². The third kappa shape index (κ3) is 3.82. The monoisotopic (exact) mass is 409 g/mol. The van der Waals surface area contributed by atoms with Crippen molar-refractivity contribution < 1.29 is 13.7 Å². The molecule has 0 spiro atoms. The maximum absolute atomic E-state index is 12.9. The Bertz CT molecular complexity index is 1090. The highest BCUT2D eigenvalue weighted by Gasteiger charge is 2.30. The summed E-state index contributed by atoms with van der Waals surface area (Å²) < 4.78 is 19.6. The molecule has 29 heavy (non-hydrogen) atoms. The molecule has 2 atom stereocenters. The lowest BCUT2D eigenvalue weighted by atomic mass is 10.1.